The Morgan fingerprint density at radius 3 is 2.79 bits per heavy atom. The number of carbonyl (C=O) groups is 2. The second-order valence-electron chi connectivity index (χ2n) is 4.72. The molecular formula is C12H18N4O3. The van der Waals surface area contributed by atoms with Crippen LogP contribution < -0.4 is 5.32 Å². The molecule has 1 aliphatic heterocycles. The van der Waals surface area contributed by atoms with Gasteiger partial charge in [0.25, 0.3) is 0 Å². The first-order chi connectivity index (χ1) is 9.15. The molecule has 0 bridgehead atoms. The molecule has 1 saturated heterocycles. The molecule has 1 fully saturated rings. The summed E-state index contributed by atoms with van der Waals surface area (Å²) in [5, 5.41) is 11.5. The summed E-state index contributed by atoms with van der Waals surface area (Å²) >= 11 is 0. The van der Waals surface area contributed by atoms with E-state index in [2.05, 4.69) is 15.3 Å². The monoisotopic (exact) mass is 266 g/mol. The summed E-state index contributed by atoms with van der Waals surface area (Å²) in [5.41, 5.74) is 0. The van der Waals surface area contributed by atoms with E-state index in [9.17, 15) is 9.59 Å². The van der Waals surface area contributed by atoms with Gasteiger partial charge in [0.1, 0.15) is 5.82 Å². The second-order valence-corrected chi connectivity index (χ2v) is 4.72. The Morgan fingerprint density at radius 1 is 1.47 bits per heavy atom. The normalized spacial score (nSPS) is 16.3. The van der Waals surface area contributed by atoms with Crippen molar-refractivity contribution >= 4 is 12.0 Å². The van der Waals surface area contributed by atoms with Crippen molar-refractivity contribution in [1.29, 1.82) is 0 Å². The molecule has 0 aromatic carbocycles. The number of carbonyl (C=O) groups excluding carboxylic acids is 1. The number of hydrogen-bond acceptors (Lipinski definition) is 3. The minimum atomic E-state index is -0.763. The first-order valence-corrected chi connectivity index (χ1v) is 6.38. The number of rotatable bonds is 4. The SMILES string of the molecule is O=C(O)CC1CCN(C(=O)NCc2ncc[nH]2)CC1. The Labute approximate surface area is 111 Å². The minimum absolute atomic E-state index is 0.120. The molecule has 0 saturated carbocycles. The van der Waals surface area contributed by atoms with E-state index in [0.717, 1.165) is 12.8 Å². The number of carboxylic acids is 1. The van der Waals surface area contributed by atoms with E-state index in [4.69, 9.17) is 5.11 Å². The van der Waals surface area contributed by atoms with Crippen LogP contribution in [-0.4, -0.2) is 45.1 Å². The van der Waals surface area contributed by atoms with Gasteiger partial charge in [-0.05, 0) is 18.8 Å². The van der Waals surface area contributed by atoms with Crippen LogP contribution in [0.25, 0.3) is 0 Å². The number of nitrogens with one attached hydrogen (secondary N) is 2. The van der Waals surface area contributed by atoms with Crippen LogP contribution in [-0.2, 0) is 11.3 Å². The van der Waals surface area contributed by atoms with Gasteiger partial charge < -0.3 is 20.3 Å². The maximum absolute atomic E-state index is 11.9. The first-order valence-electron chi connectivity index (χ1n) is 6.38. The summed E-state index contributed by atoms with van der Waals surface area (Å²) in [6.07, 6.45) is 5.04. The summed E-state index contributed by atoms with van der Waals surface area (Å²) in [7, 11) is 0. The molecule has 1 aromatic heterocycles. The fourth-order valence-corrected chi connectivity index (χ4v) is 2.25. The fourth-order valence-electron chi connectivity index (χ4n) is 2.25. The highest BCUT2D eigenvalue weighted by Crippen LogP contribution is 2.20. The summed E-state index contributed by atoms with van der Waals surface area (Å²) < 4.78 is 0. The molecule has 19 heavy (non-hydrogen) atoms. The number of piperidine rings is 1. The Morgan fingerprint density at radius 2 is 2.21 bits per heavy atom. The van der Waals surface area contributed by atoms with Gasteiger partial charge in [-0.1, -0.05) is 0 Å². The molecule has 0 atom stereocenters. The van der Waals surface area contributed by atoms with E-state index in [1.165, 1.54) is 0 Å². The number of nitrogens with zero attached hydrogens (tertiary/aromatic N) is 2. The van der Waals surface area contributed by atoms with Crippen LogP contribution in [0.5, 0.6) is 0 Å². The lowest BCUT2D eigenvalue weighted by Gasteiger charge is -2.31. The zero-order valence-corrected chi connectivity index (χ0v) is 10.6. The summed E-state index contributed by atoms with van der Waals surface area (Å²) in [6, 6.07) is -0.120. The standard InChI is InChI=1S/C12H18N4O3/c17-11(18)7-9-1-5-16(6-2-9)12(19)15-8-10-13-3-4-14-10/h3-4,9H,1-2,5-8H2,(H,13,14)(H,15,19)(H,17,18). The number of carboxylic acid groups (broad SMARTS) is 1. The van der Waals surface area contributed by atoms with Crippen molar-refractivity contribution in [3.63, 3.8) is 0 Å². The lowest BCUT2D eigenvalue weighted by Crippen LogP contribution is -2.44. The third-order valence-corrected chi connectivity index (χ3v) is 3.33. The topological polar surface area (TPSA) is 98.3 Å². The van der Waals surface area contributed by atoms with Gasteiger partial charge in [-0.15, -0.1) is 0 Å². The van der Waals surface area contributed by atoms with E-state index < -0.39 is 5.97 Å². The highest BCUT2D eigenvalue weighted by molar-refractivity contribution is 5.74. The third kappa shape index (κ3) is 3.97. The van der Waals surface area contributed by atoms with Crippen LogP contribution in [0.2, 0.25) is 0 Å². The number of urea groups is 1. The van der Waals surface area contributed by atoms with E-state index in [-0.39, 0.29) is 18.4 Å². The average Bonchev–Trinajstić information content (AvgIpc) is 2.89. The Kier molecular flexibility index (Phi) is 4.38. The van der Waals surface area contributed by atoms with Crippen molar-refractivity contribution in [2.24, 2.45) is 5.92 Å². The number of imidazole rings is 1. The predicted octanol–water partition coefficient (Wildman–Crippen LogP) is 0.806. The van der Waals surface area contributed by atoms with Gasteiger partial charge in [-0.2, -0.15) is 0 Å². The van der Waals surface area contributed by atoms with Crippen LogP contribution >= 0.6 is 0 Å². The van der Waals surface area contributed by atoms with Crippen molar-refractivity contribution in [1.82, 2.24) is 20.2 Å². The molecule has 0 radical (unpaired) electrons. The summed E-state index contributed by atoms with van der Waals surface area (Å²) in [6.45, 7) is 1.60. The van der Waals surface area contributed by atoms with Gasteiger partial charge in [0.05, 0.1) is 6.54 Å². The van der Waals surface area contributed by atoms with Crippen LogP contribution in [0.3, 0.4) is 0 Å². The van der Waals surface area contributed by atoms with E-state index in [1.54, 1.807) is 17.3 Å². The molecule has 1 aromatic rings. The van der Waals surface area contributed by atoms with Crippen molar-refractivity contribution in [2.75, 3.05) is 13.1 Å². The Hall–Kier alpha value is -2.05. The zero-order chi connectivity index (χ0) is 13.7. The fraction of sp³-hybridized carbons (Fsp3) is 0.583. The molecule has 7 heteroatoms. The maximum atomic E-state index is 11.9. The molecular weight excluding hydrogens is 248 g/mol. The first kappa shape index (κ1) is 13.4. The van der Waals surface area contributed by atoms with E-state index >= 15 is 0 Å². The minimum Gasteiger partial charge on any atom is -0.481 e. The lowest BCUT2D eigenvalue weighted by atomic mass is 9.94. The second kappa shape index (κ2) is 6.21. The van der Waals surface area contributed by atoms with Crippen molar-refractivity contribution in [2.45, 2.75) is 25.8 Å². The van der Waals surface area contributed by atoms with Gasteiger partial charge in [-0.25, -0.2) is 9.78 Å². The van der Waals surface area contributed by atoms with Crippen molar-refractivity contribution in [3.8, 4) is 0 Å². The number of hydrogen-bond donors (Lipinski definition) is 3. The van der Waals surface area contributed by atoms with Crippen molar-refractivity contribution in [3.05, 3.63) is 18.2 Å². The van der Waals surface area contributed by atoms with Crippen LogP contribution in [0.1, 0.15) is 25.1 Å². The number of amides is 2. The zero-order valence-electron chi connectivity index (χ0n) is 10.6. The quantitative estimate of drug-likeness (QED) is 0.751. The Bertz CT molecular complexity index is 424. The van der Waals surface area contributed by atoms with Gasteiger partial charge in [0.15, 0.2) is 0 Å². The van der Waals surface area contributed by atoms with Gasteiger partial charge in [-0.3, -0.25) is 4.79 Å². The molecule has 0 unspecified atom stereocenters. The molecule has 1 aliphatic rings. The average molecular weight is 266 g/mol. The summed E-state index contributed by atoms with van der Waals surface area (Å²) in [4.78, 5) is 31.2. The number of H-pyrrole nitrogens is 1. The Balaban J connectivity index is 1.71. The highest BCUT2D eigenvalue weighted by Gasteiger charge is 2.24. The molecule has 104 valence electrons. The highest BCUT2D eigenvalue weighted by atomic mass is 16.4. The number of aliphatic carboxylic acids is 1. The molecule has 0 aliphatic carbocycles. The lowest BCUT2D eigenvalue weighted by molar-refractivity contribution is -0.138. The van der Waals surface area contributed by atoms with Gasteiger partial charge in [0.2, 0.25) is 0 Å². The molecule has 0 spiro atoms. The molecule has 3 N–H and O–H groups in total. The molecule has 2 rings (SSSR count). The number of aromatic nitrogens is 2. The van der Waals surface area contributed by atoms with Gasteiger partial charge >= 0.3 is 12.0 Å². The molecule has 7 nitrogen and oxygen atoms in total. The predicted molar refractivity (Wildman–Crippen MR) is 67.4 cm³/mol. The number of aromatic amines is 1. The molecule has 2 amide bonds. The van der Waals surface area contributed by atoms with Crippen molar-refractivity contribution < 1.29 is 14.7 Å². The van der Waals surface area contributed by atoms with E-state index in [0.29, 0.717) is 25.5 Å². The van der Waals surface area contributed by atoms with Crippen LogP contribution in [0.4, 0.5) is 4.79 Å². The van der Waals surface area contributed by atoms with Crippen LogP contribution in [0, 0.1) is 5.92 Å². The van der Waals surface area contributed by atoms with Gasteiger partial charge in [0, 0.05) is 31.9 Å². The van der Waals surface area contributed by atoms with Crippen LogP contribution in [0.15, 0.2) is 12.4 Å². The molecule has 2 heterocycles. The largest absolute Gasteiger partial charge is 0.481 e. The third-order valence-electron chi connectivity index (χ3n) is 3.33. The summed E-state index contributed by atoms with van der Waals surface area (Å²) in [5.74, 6) is 0.140. The maximum Gasteiger partial charge on any atom is 0.317 e. The van der Waals surface area contributed by atoms with E-state index in [1.807, 2.05) is 0 Å². The number of likely N-dealkylation sites (tertiary alicyclic amines) is 1. The smallest absolute Gasteiger partial charge is 0.317 e.